The lowest BCUT2D eigenvalue weighted by atomic mass is 9.86. The van der Waals surface area contributed by atoms with Gasteiger partial charge in [0.05, 0.1) is 5.60 Å². The summed E-state index contributed by atoms with van der Waals surface area (Å²) < 4.78 is 12.1. The van der Waals surface area contributed by atoms with Gasteiger partial charge in [0, 0.05) is 52.4 Å². The van der Waals surface area contributed by atoms with Gasteiger partial charge in [-0.25, -0.2) is 0 Å². The Labute approximate surface area is 356 Å². The Hall–Kier alpha value is -6.43. The summed E-state index contributed by atoms with van der Waals surface area (Å²) in [6.45, 7) is 15.0. The molecule has 60 heavy (non-hydrogen) atoms. The molecule has 0 aromatic heterocycles. The Bertz CT molecular complexity index is 2480. The van der Waals surface area contributed by atoms with Crippen LogP contribution >= 0.6 is 0 Å². The topological polar surface area (TPSA) is 42.0 Å². The van der Waals surface area contributed by atoms with Gasteiger partial charge in [-0.2, -0.15) is 0 Å². The first-order chi connectivity index (χ1) is 28.9. The standard InChI is InChI=1S/C55H56N2O3/c1-9-39-11-23-45(24-12-39)56(47-27-21-44(22-28-47)55(6,7)59-8)48-29-31-49(32-30-48)57(46-25-13-40(10-2)14-26-46)50-33-37-52(38-34-50)60-51-35-17-42(18-36-51)53(58)41-15-19-43(20-16-41)54(3,4)5/h11-38H,9-10H2,1-8H3. The number of carbonyl (C=O) groups excluding carboxylic acids is 1. The van der Waals surface area contributed by atoms with E-state index in [1.807, 2.05) is 60.7 Å². The molecule has 0 bridgehead atoms. The third-order valence-corrected chi connectivity index (χ3v) is 11.4. The molecule has 0 saturated heterocycles. The molecule has 7 rings (SSSR count). The lowest BCUT2D eigenvalue weighted by molar-refractivity contribution is 0.0192. The summed E-state index contributed by atoms with van der Waals surface area (Å²) in [6, 6.07) is 58.4. The van der Waals surface area contributed by atoms with E-state index in [1.165, 1.54) is 16.7 Å². The summed E-state index contributed by atoms with van der Waals surface area (Å²) in [5.74, 6) is 1.36. The van der Waals surface area contributed by atoms with Crippen LogP contribution in [0.4, 0.5) is 34.1 Å². The summed E-state index contributed by atoms with van der Waals surface area (Å²) >= 11 is 0. The molecule has 7 aromatic rings. The van der Waals surface area contributed by atoms with Crippen LogP contribution < -0.4 is 14.5 Å². The quantitative estimate of drug-likeness (QED) is 0.103. The summed E-state index contributed by atoms with van der Waals surface area (Å²) in [6.07, 6.45) is 1.96. The molecule has 0 unspecified atom stereocenters. The van der Waals surface area contributed by atoms with Crippen LogP contribution in [0.1, 0.15) is 86.6 Å². The Morgan fingerprint density at radius 3 is 1.08 bits per heavy atom. The fourth-order valence-electron chi connectivity index (χ4n) is 7.30. The van der Waals surface area contributed by atoms with Gasteiger partial charge in [-0.15, -0.1) is 0 Å². The number of benzene rings is 7. The number of ketones is 1. The van der Waals surface area contributed by atoms with Crippen molar-refractivity contribution in [2.75, 3.05) is 16.9 Å². The van der Waals surface area contributed by atoms with Crippen LogP contribution in [0.25, 0.3) is 0 Å². The molecule has 0 atom stereocenters. The highest BCUT2D eigenvalue weighted by Crippen LogP contribution is 2.40. The summed E-state index contributed by atoms with van der Waals surface area (Å²) in [5, 5.41) is 0. The second-order valence-electron chi connectivity index (χ2n) is 16.8. The molecule has 0 saturated carbocycles. The van der Waals surface area contributed by atoms with Gasteiger partial charge in [0.1, 0.15) is 11.5 Å². The van der Waals surface area contributed by atoms with Gasteiger partial charge in [-0.3, -0.25) is 4.79 Å². The number of aryl methyl sites for hydroxylation is 2. The molecule has 0 heterocycles. The summed E-state index contributed by atoms with van der Waals surface area (Å²) in [7, 11) is 1.75. The van der Waals surface area contributed by atoms with Crippen LogP contribution in [0, 0.1) is 0 Å². The van der Waals surface area contributed by atoms with Crippen LogP contribution in [0.5, 0.6) is 11.5 Å². The SMILES string of the molecule is CCc1ccc(N(c2ccc(Oc3ccc(C(=O)c4ccc(C(C)(C)C)cc4)cc3)cc2)c2ccc(N(c3ccc(CC)cc3)c3ccc(C(C)(C)OC)cc3)cc2)cc1. The minimum atomic E-state index is -0.385. The van der Waals surface area contributed by atoms with Gasteiger partial charge >= 0.3 is 0 Å². The molecule has 5 heteroatoms. The molecule has 0 aliphatic rings. The molecule has 304 valence electrons. The fourth-order valence-corrected chi connectivity index (χ4v) is 7.30. The van der Waals surface area contributed by atoms with E-state index in [0.717, 1.165) is 52.5 Å². The van der Waals surface area contributed by atoms with E-state index >= 15 is 0 Å². The molecular formula is C55H56N2O3. The van der Waals surface area contributed by atoms with Crippen LogP contribution in [0.2, 0.25) is 0 Å². The first kappa shape index (κ1) is 41.7. The second kappa shape index (κ2) is 17.8. The second-order valence-corrected chi connectivity index (χ2v) is 16.8. The van der Waals surface area contributed by atoms with E-state index in [0.29, 0.717) is 22.6 Å². The molecule has 0 N–H and O–H groups in total. The van der Waals surface area contributed by atoms with Crippen molar-refractivity contribution in [1.82, 2.24) is 0 Å². The number of rotatable bonds is 14. The zero-order valence-corrected chi connectivity index (χ0v) is 36.2. The van der Waals surface area contributed by atoms with Gasteiger partial charge in [-0.1, -0.05) is 95.3 Å². The number of carbonyl (C=O) groups is 1. The number of hydrogen-bond acceptors (Lipinski definition) is 5. The van der Waals surface area contributed by atoms with Crippen LogP contribution in [0.15, 0.2) is 170 Å². The normalized spacial score (nSPS) is 11.6. The van der Waals surface area contributed by atoms with Crippen molar-refractivity contribution < 1.29 is 14.3 Å². The van der Waals surface area contributed by atoms with E-state index < -0.39 is 0 Å². The number of anilines is 6. The third-order valence-electron chi connectivity index (χ3n) is 11.4. The van der Waals surface area contributed by atoms with E-state index in [1.54, 1.807) is 7.11 Å². The summed E-state index contributed by atoms with van der Waals surface area (Å²) in [4.78, 5) is 17.8. The lowest BCUT2D eigenvalue weighted by Crippen LogP contribution is -2.19. The first-order valence-electron chi connectivity index (χ1n) is 20.9. The van der Waals surface area contributed by atoms with Crippen molar-refractivity contribution >= 4 is 39.9 Å². The molecule has 0 spiro atoms. The van der Waals surface area contributed by atoms with Crippen molar-refractivity contribution in [2.24, 2.45) is 0 Å². The molecule has 0 aliphatic heterocycles. The van der Waals surface area contributed by atoms with Crippen molar-refractivity contribution in [3.8, 4) is 11.5 Å². The molecule has 7 aromatic carbocycles. The largest absolute Gasteiger partial charge is 0.457 e. The first-order valence-corrected chi connectivity index (χ1v) is 20.9. The molecule has 0 amide bonds. The molecule has 0 fully saturated rings. The highest BCUT2D eigenvalue weighted by molar-refractivity contribution is 6.09. The zero-order chi connectivity index (χ0) is 42.4. The fraction of sp³-hybridized carbons (Fsp3) is 0.218. The minimum Gasteiger partial charge on any atom is -0.457 e. The van der Waals surface area contributed by atoms with Gasteiger partial charge in [0.2, 0.25) is 0 Å². The Balaban J connectivity index is 1.15. The van der Waals surface area contributed by atoms with E-state index in [9.17, 15) is 4.79 Å². The highest BCUT2D eigenvalue weighted by Gasteiger charge is 2.21. The van der Waals surface area contributed by atoms with Gasteiger partial charge in [0.15, 0.2) is 5.78 Å². The summed E-state index contributed by atoms with van der Waals surface area (Å²) in [5.41, 5.74) is 12.2. The molecular weight excluding hydrogens is 737 g/mol. The maximum Gasteiger partial charge on any atom is 0.193 e. The number of methoxy groups -OCH3 is 1. The Morgan fingerprint density at radius 1 is 0.433 bits per heavy atom. The predicted molar refractivity (Wildman–Crippen MR) is 250 cm³/mol. The van der Waals surface area contributed by atoms with Crippen LogP contribution in [-0.4, -0.2) is 12.9 Å². The van der Waals surface area contributed by atoms with E-state index in [-0.39, 0.29) is 16.8 Å². The molecule has 0 radical (unpaired) electrons. The average Bonchev–Trinajstić information content (AvgIpc) is 3.28. The lowest BCUT2D eigenvalue weighted by Gasteiger charge is -2.29. The molecule has 0 aliphatic carbocycles. The number of hydrogen-bond donors (Lipinski definition) is 0. The molecule has 5 nitrogen and oxygen atoms in total. The number of nitrogens with zero attached hydrogens (tertiary/aromatic N) is 2. The zero-order valence-electron chi connectivity index (χ0n) is 36.2. The van der Waals surface area contributed by atoms with Crippen molar-refractivity contribution in [2.45, 2.75) is 72.3 Å². The maximum absolute atomic E-state index is 13.3. The number of ether oxygens (including phenoxy) is 2. The monoisotopic (exact) mass is 792 g/mol. The van der Waals surface area contributed by atoms with Crippen LogP contribution in [-0.2, 0) is 28.6 Å². The Morgan fingerprint density at radius 2 is 0.733 bits per heavy atom. The van der Waals surface area contributed by atoms with Gasteiger partial charge in [0.25, 0.3) is 0 Å². The van der Waals surface area contributed by atoms with Gasteiger partial charge in [-0.05, 0) is 164 Å². The van der Waals surface area contributed by atoms with E-state index in [4.69, 9.17) is 9.47 Å². The average molecular weight is 793 g/mol. The van der Waals surface area contributed by atoms with Crippen molar-refractivity contribution in [3.63, 3.8) is 0 Å². The third kappa shape index (κ3) is 9.38. The van der Waals surface area contributed by atoms with Gasteiger partial charge < -0.3 is 19.3 Å². The minimum absolute atomic E-state index is 0.00878. The maximum atomic E-state index is 13.3. The predicted octanol–water partition coefficient (Wildman–Crippen LogP) is 15.0. The van der Waals surface area contributed by atoms with Crippen molar-refractivity contribution in [1.29, 1.82) is 0 Å². The van der Waals surface area contributed by atoms with Crippen LogP contribution in [0.3, 0.4) is 0 Å². The van der Waals surface area contributed by atoms with Crippen molar-refractivity contribution in [3.05, 3.63) is 203 Å². The smallest absolute Gasteiger partial charge is 0.193 e. The highest BCUT2D eigenvalue weighted by atomic mass is 16.5. The van der Waals surface area contributed by atoms with E-state index in [2.05, 4.69) is 167 Å². The Kier molecular flexibility index (Phi) is 12.4.